The molecule has 0 spiro atoms. The molecule has 0 aromatic heterocycles. The standard InChI is InChI=1S/C16H23F3N2/c1-3-7-20-10-13-6-8-21(11-13)14-5-4-12(2)15(9-14)16(17,18)19/h4-5,9,13,20H,3,6-8,10-11H2,1-2H3. The fourth-order valence-electron chi connectivity index (χ4n) is 2.83. The van der Waals surface area contributed by atoms with Gasteiger partial charge in [0.15, 0.2) is 0 Å². The molecule has 1 N–H and O–H groups in total. The summed E-state index contributed by atoms with van der Waals surface area (Å²) in [5, 5.41) is 3.39. The molecule has 1 aliphatic rings. The number of nitrogens with zero attached hydrogens (tertiary/aromatic N) is 1. The summed E-state index contributed by atoms with van der Waals surface area (Å²) in [5.41, 5.74) is 0.449. The summed E-state index contributed by atoms with van der Waals surface area (Å²) in [6.07, 6.45) is -2.14. The van der Waals surface area contributed by atoms with Crippen molar-refractivity contribution in [1.29, 1.82) is 0 Å². The van der Waals surface area contributed by atoms with Crippen LogP contribution in [0.5, 0.6) is 0 Å². The summed E-state index contributed by atoms with van der Waals surface area (Å²) in [4.78, 5) is 2.06. The maximum Gasteiger partial charge on any atom is 0.416 e. The lowest BCUT2D eigenvalue weighted by molar-refractivity contribution is -0.138. The molecule has 21 heavy (non-hydrogen) atoms. The first-order chi connectivity index (χ1) is 9.91. The Labute approximate surface area is 124 Å². The van der Waals surface area contributed by atoms with Gasteiger partial charge in [-0.15, -0.1) is 0 Å². The van der Waals surface area contributed by atoms with Crippen molar-refractivity contribution in [1.82, 2.24) is 5.32 Å². The zero-order valence-electron chi connectivity index (χ0n) is 12.6. The third kappa shape index (κ3) is 4.13. The van der Waals surface area contributed by atoms with E-state index in [1.807, 2.05) is 0 Å². The predicted octanol–water partition coefficient (Wildman–Crippen LogP) is 3.84. The average molecular weight is 300 g/mol. The molecule has 1 heterocycles. The number of anilines is 1. The maximum absolute atomic E-state index is 13.0. The van der Waals surface area contributed by atoms with E-state index < -0.39 is 11.7 Å². The van der Waals surface area contributed by atoms with Gasteiger partial charge in [0.05, 0.1) is 5.56 Å². The van der Waals surface area contributed by atoms with Crippen molar-refractivity contribution < 1.29 is 13.2 Å². The van der Waals surface area contributed by atoms with Crippen LogP contribution in [-0.4, -0.2) is 26.2 Å². The minimum atomic E-state index is -4.28. The van der Waals surface area contributed by atoms with E-state index in [0.29, 0.717) is 11.6 Å². The van der Waals surface area contributed by atoms with E-state index in [4.69, 9.17) is 0 Å². The van der Waals surface area contributed by atoms with Gasteiger partial charge in [-0.1, -0.05) is 13.0 Å². The Balaban J connectivity index is 2.03. The van der Waals surface area contributed by atoms with Crippen molar-refractivity contribution in [2.24, 2.45) is 5.92 Å². The number of alkyl halides is 3. The van der Waals surface area contributed by atoms with Gasteiger partial charge in [-0.3, -0.25) is 0 Å². The lowest BCUT2D eigenvalue weighted by Gasteiger charge is -2.21. The molecular formula is C16H23F3N2. The molecule has 1 aromatic carbocycles. The lowest BCUT2D eigenvalue weighted by Crippen LogP contribution is -2.27. The summed E-state index contributed by atoms with van der Waals surface area (Å²) in [6, 6.07) is 4.66. The fraction of sp³-hybridized carbons (Fsp3) is 0.625. The van der Waals surface area contributed by atoms with Gasteiger partial charge in [0.2, 0.25) is 0 Å². The Hall–Kier alpha value is -1.23. The average Bonchev–Trinajstić information content (AvgIpc) is 2.87. The van der Waals surface area contributed by atoms with Gasteiger partial charge in [-0.25, -0.2) is 0 Å². The van der Waals surface area contributed by atoms with Gasteiger partial charge in [0.1, 0.15) is 0 Å². The van der Waals surface area contributed by atoms with Gasteiger partial charge in [0, 0.05) is 18.8 Å². The number of hydrogen-bond acceptors (Lipinski definition) is 2. The van der Waals surface area contributed by atoms with Crippen LogP contribution in [0.4, 0.5) is 18.9 Å². The molecule has 0 radical (unpaired) electrons. The molecular weight excluding hydrogens is 277 g/mol. The van der Waals surface area contributed by atoms with E-state index >= 15 is 0 Å². The SMILES string of the molecule is CCCNCC1CCN(c2ccc(C)c(C(F)(F)F)c2)C1. The highest BCUT2D eigenvalue weighted by molar-refractivity contribution is 5.52. The van der Waals surface area contributed by atoms with E-state index in [1.54, 1.807) is 12.1 Å². The first-order valence-corrected chi connectivity index (χ1v) is 7.55. The molecule has 0 aliphatic carbocycles. The molecule has 5 heteroatoms. The normalized spacial score (nSPS) is 19.3. The topological polar surface area (TPSA) is 15.3 Å². The molecule has 1 unspecified atom stereocenters. The number of benzene rings is 1. The van der Waals surface area contributed by atoms with Crippen LogP contribution in [0.3, 0.4) is 0 Å². The van der Waals surface area contributed by atoms with Gasteiger partial charge in [0.25, 0.3) is 0 Å². The summed E-state index contributed by atoms with van der Waals surface area (Å²) in [5.74, 6) is 0.521. The van der Waals surface area contributed by atoms with Crippen LogP contribution in [0.2, 0.25) is 0 Å². The zero-order chi connectivity index (χ0) is 15.5. The van der Waals surface area contributed by atoms with Crippen LogP contribution in [0.25, 0.3) is 0 Å². The molecule has 1 aliphatic heterocycles. The van der Waals surface area contributed by atoms with Crippen molar-refractivity contribution in [3.63, 3.8) is 0 Å². The summed E-state index contributed by atoms with van der Waals surface area (Å²) >= 11 is 0. The maximum atomic E-state index is 13.0. The van der Waals surface area contributed by atoms with Gasteiger partial charge >= 0.3 is 6.18 Å². The Morgan fingerprint density at radius 2 is 2.10 bits per heavy atom. The minimum absolute atomic E-state index is 0.284. The quantitative estimate of drug-likeness (QED) is 0.831. The Kier molecular flexibility index (Phi) is 5.14. The fourth-order valence-corrected chi connectivity index (χ4v) is 2.83. The minimum Gasteiger partial charge on any atom is -0.371 e. The van der Waals surface area contributed by atoms with Crippen LogP contribution in [0.15, 0.2) is 18.2 Å². The molecule has 118 valence electrons. The molecule has 2 nitrogen and oxygen atoms in total. The molecule has 1 fully saturated rings. The van der Waals surface area contributed by atoms with E-state index in [-0.39, 0.29) is 5.56 Å². The molecule has 2 rings (SSSR count). The Morgan fingerprint density at radius 3 is 2.76 bits per heavy atom. The van der Waals surface area contributed by atoms with Gasteiger partial charge in [-0.05, 0) is 56.5 Å². The van der Waals surface area contributed by atoms with Gasteiger partial charge in [-0.2, -0.15) is 13.2 Å². The highest BCUT2D eigenvalue weighted by atomic mass is 19.4. The molecule has 0 saturated carbocycles. The second kappa shape index (κ2) is 6.69. The third-order valence-corrected chi connectivity index (χ3v) is 4.04. The molecule has 0 bridgehead atoms. The zero-order valence-corrected chi connectivity index (χ0v) is 12.6. The van der Waals surface area contributed by atoms with E-state index in [0.717, 1.165) is 39.0 Å². The Morgan fingerprint density at radius 1 is 1.33 bits per heavy atom. The predicted molar refractivity (Wildman–Crippen MR) is 79.7 cm³/mol. The van der Waals surface area contributed by atoms with Crippen LogP contribution in [0, 0.1) is 12.8 Å². The molecule has 0 amide bonds. The molecule has 1 aromatic rings. The number of nitrogens with one attached hydrogen (secondary N) is 1. The highest BCUT2D eigenvalue weighted by Gasteiger charge is 2.33. The van der Waals surface area contributed by atoms with Crippen LogP contribution in [-0.2, 0) is 6.18 Å². The smallest absolute Gasteiger partial charge is 0.371 e. The largest absolute Gasteiger partial charge is 0.416 e. The van der Waals surface area contributed by atoms with E-state index in [2.05, 4.69) is 17.1 Å². The number of rotatable bonds is 5. The van der Waals surface area contributed by atoms with Crippen molar-refractivity contribution in [2.45, 2.75) is 32.9 Å². The third-order valence-electron chi connectivity index (χ3n) is 4.04. The summed E-state index contributed by atoms with van der Waals surface area (Å²) < 4.78 is 38.9. The van der Waals surface area contributed by atoms with E-state index in [9.17, 15) is 13.2 Å². The number of aryl methyl sites for hydroxylation is 1. The Bertz CT molecular complexity index is 471. The number of hydrogen-bond donors (Lipinski definition) is 1. The monoisotopic (exact) mass is 300 g/mol. The van der Waals surface area contributed by atoms with Crippen molar-refractivity contribution in [3.05, 3.63) is 29.3 Å². The number of halogens is 3. The summed E-state index contributed by atoms with van der Waals surface area (Å²) in [6.45, 7) is 7.24. The van der Waals surface area contributed by atoms with Crippen LogP contribution >= 0.6 is 0 Å². The van der Waals surface area contributed by atoms with Crippen molar-refractivity contribution in [2.75, 3.05) is 31.1 Å². The van der Waals surface area contributed by atoms with Crippen molar-refractivity contribution in [3.8, 4) is 0 Å². The lowest BCUT2D eigenvalue weighted by atomic mass is 10.1. The second-order valence-electron chi connectivity index (χ2n) is 5.80. The van der Waals surface area contributed by atoms with Crippen LogP contribution < -0.4 is 10.2 Å². The summed E-state index contributed by atoms with van der Waals surface area (Å²) in [7, 11) is 0. The van der Waals surface area contributed by atoms with E-state index in [1.165, 1.54) is 13.0 Å². The second-order valence-corrected chi connectivity index (χ2v) is 5.80. The first-order valence-electron chi connectivity index (χ1n) is 7.55. The highest BCUT2D eigenvalue weighted by Crippen LogP contribution is 2.35. The van der Waals surface area contributed by atoms with Crippen LogP contribution in [0.1, 0.15) is 30.9 Å². The van der Waals surface area contributed by atoms with Gasteiger partial charge < -0.3 is 10.2 Å². The molecule has 1 atom stereocenters. The first kappa shape index (κ1) is 16.1. The molecule has 1 saturated heterocycles. The van der Waals surface area contributed by atoms with Crippen molar-refractivity contribution >= 4 is 5.69 Å².